The molecule has 0 aromatic rings. The minimum Gasteiger partial charge on any atom is -0.192 e. The lowest BCUT2D eigenvalue weighted by atomic mass is 10.2. The highest BCUT2D eigenvalue weighted by molar-refractivity contribution is 5.35. The van der Waals surface area contributed by atoms with E-state index in [4.69, 9.17) is 5.26 Å². The first kappa shape index (κ1) is 8.71. The highest BCUT2D eigenvalue weighted by atomic mass is 14.2. The average molecular weight is 133 g/mol. The summed E-state index contributed by atoms with van der Waals surface area (Å²) < 4.78 is 0. The molecule has 0 saturated carbocycles. The number of hydrogen-bond acceptors (Lipinski definition) is 1. The zero-order valence-corrected chi connectivity index (χ0v) is 6.33. The predicted molar refractivity (Wildman–Crippen MR) is 43.3 cm³/mol. The minimum atomic E-state index is 0.681. The van der Waals surface area contributed by atoms with Crippen LogP contribution in [0.1, 0.15) is 13.8 Å². The maximum Gasteiger partial charge on any atom is 0.0991 e. The molecule has 10 heavy (non-hydrogen) atoms. The van der Waals surface area contributed by atoms with Crippen molar-refractivity contribution in [2.45, 2.75) is 13.8 Å². The van der Waals surface area contributed by atoms with Gasteiger partial charge in [-0.15, -0.1) is 0 Å². The summed E-state index contributed by atoms with van der Waals surface area (Å²) in [4.78, 5) is 0. The van der Waals surface area contributed by atoms with Crippen molar-refractivity contribution in [2.75, 3.05) is 0 Å². The topological polar surface area (TPSA) is 23.8 Å². The summed E-state index contributed by atoms with van der Waals surface area (Å²) in [6, 6.07) is 2.06. The van der Waals surface area contributed by atoms with Gasteiger partial charge in [-0.2, -0.15) is 5.26 Å². The molecule has 0 heterocycles. The van der Waals surface area contributed by atoms with Crippen LogP contribution < -0.4 is 0 Å². The molecule has 0 spiro atoms. The zero-order chi connectivity index (χ0) is 7.82. The van der Waals surface area contributed by atoms with E-state index < -0.39 is 0 Å². The van der Waals surface area contributed by atoms with Crippen LogP contribution in [0.15, 0.2) is 36.0 Å². The van der Waals surface area contributed by atoms with Crippen molar-refractivity contribution in [3.05, 3.63) is 36.0 Å². The molecule has 0 N–H and O–H groups in total. The van der Waals surface area contributed by atoms with E-state index in [0.29, 0.717) is 5.57 Å². The van der Waals surface area contributed by atoms with Crippen molar-refractivity contribution in [3.63, 3.8) is 0 Å². The van der Waals surface area contributed by atoms with Gasteiger partial charge < -0.3 is 0 Å². The zero-order valence-electron chi connectivity index (χ0n) is 6.33. The molecule has 52 valence electrons. The lowest BCUT2D eigenvalue weighted by Gasteiger charge is -1.80. The van der Waals surface area contributed by atoms with Crippen LogP contribution in [0.25, 0.3) is 0 Å². The van der Waals surface area contributed by atoms with Crippen LogP contribution in [-0.4, -0.2) is 0 Å². The van der Waals surface area contributed by atoms with Gasteiger partial charge in [0.05, 0.1) is 11.6 Å². The third-order valence-electron chi connectivity index (χ3n) is 0.944. The molecule has 0 saturated heterocycles. The van der Waals surface area contributed by atoms with Crippen molar-refractivity contribution in [1.82, 2.24) is 0 Å². The van der Waals surface area contributed by atoms with Crippen molar-refractivity contribution >= 4 is 0 Å². The summed E-state index contributed by atoms with van der Waals surface area (Å²) in [5, 5.41) is 8.48. The molecule has 0 unspecified atom stereocenters. The van der Waals surface area contributed by atoms with E-state index in [9.17, 15) is 0 Å². The Morgan fingerprint density at radius 3 is 2.40 bits per heavy atom. The van der Waals surface area contributed by atoms with Gasteiger partial charge in [-0.3, -0.25) is 0 Å². The van der Waals surface area contributed by atoms with E-state index >= 15 is 0 Å². The third-order valence-corrected chi connectivity index (χ3v) is 0.944. The Morgan fingerprint density at radius 1 is 1.30 bits per heavy atom. The van der Waals surface area contributed by atoms with Crippen molar-refractivity contribution in [1.29, 1.82) is 5.26 Å². The van der Waals surface area contributed by atoms with Crippen LogP contribution in [0.3, 0.4) is 0 Å². The minimum absolute atomic E-state index is 0.681. The molecule has 0 amide bonds. The number of nitriles is 1. The summed E-state index contributed by atoms with van der Waals surface area (Å²) >= 11 is 0. The molecule has 1 heteroatoms. The first-order chi connectivity index (χ1) is 4.85. The third kappa shape index (κ3) is 3.68. The van der Waals surface area contributed by atoms with Crippen molar-refractivity contribution in [3.8, 4) is 6.07 Å². The molecule has 0 aliphatic carbocycles. The number of rotatable bonds is 2. The van der Waals surface area contributed by atoms with E-state index in [1.54, 1.807) is 12.2 Å². The second kappa shape index (κ2) is 5.84. The van der Waals surface area contributed by atoms with Crippen LogP contribution in [-0.2, 0) is 0 Å². The highest BCUT2D eigenvalue weighted by Gasteiger charge is 1.81. The summed E-state index contributed by atoms with van der Waals surface area (Å²) in [7, 11) is 0. The van der Waals surface area contributed by atoms with E-state index in [2.05, 4.69) is 6.07 Å². The van der Waals surface area contributed by atoms with E-state index in [1.807, 2.05) is 32.1 Å². The number of nitrogens with zero attached hydrogens (tertiary/aromatic N) is 1. The lowest BCUT2D eigenvalue weighted by Crippen LogP contribution is -1.67. The molecule has 0 aromatic carbocycles. The van der Waals surface area contributed by atoms with Crippen LogP contribution >= 0.6 is 0 Å². The van der Waals surface area contributed by atoms with Crippen LogP contribution in [0.5, 0.6) is 0 Å². The average Bonchev–Trinajstić information content (AvgIpc) is 1.98. The molecule has 0 radical (unpaired) electrons. The van der Waals surface area contributed by atoms with Gasteiger partial charge in [0.15, 0.2) is 0 Å². The molecule has 0 bridgehead atoms. The Labute approximate surface area is 62.0 Å². The largest absolute Gasteiger partial charge is 0.192 e. The molecule has 0 rings (SSSR count). The molecular formula is C9H11N. The normalized spacial score (nSPS) is 12.7. The molecular weight excluding hydrogens is 122 g/mol. The Bertz CT molecular complexity index is 201. The maximum atomic E-state index is 8.48. The van der Waals surface area contributed by atoms with Crippen LogP contribution in [0.4, 0.5) is 0 Å². The van der Waals surface area contributed by atoms with Gasteiger partial charge in [0.25, 0.3) is 0 Å². The fraction of sp³-hybridized carbons (Fsp3) is 0.222. The first-order valence-corrected chi connectivity index (χ1v) is 3.21. The Morgan fingerprint density at radius 2 is 2.00 bits per heavy atom. The van der Waals surface area contributed by atoms with Gasteiger partial charge in [-0.05, 0) is 26.0 Å². The second-order valence-electron chi connectivity index (χ2n) is 1.76. The molecule has 1 nitrogen and oxygen atoms in total. The summed E-state index contributed by atoms with van der Waals surface area (Å²) in [6.45, 7) is 3.81. The van der Waals surface area contributed by atoms with Crippen LogP contribution in [0, 0.1) is 11.3 Å². The second-order valence-corrected chi connectivity index (χ2v) is 1.76. The van der Waals surface area contributed by atoms with E-state index in [-0.39, 0.29) is 0 Å². The fourth-order valence-corrected chi connectivity index (χ4v) is 0.510. The van der Waals surface area contributed by atoms with Gasteiger partial charge in [-0.25, -0.2) is 0 Å². The van der Waals surface area contributed by atoms with Crippen LogP contribution in [0.2, 0.25) is 0 Å². The summed E-state index contributed by atoms with van der Waals surface area (Å²) in [5.41, 5.74) is 0.681. The fourth-order valence-electron chi connectivity index (χ4n) is 0.510. The smallest absolute Gasteiger partial charge is 0.0991 e. The Balaban J connectivity index is 4.22. The molecule has 0 fully saturated rings. The lowest BCUT2D eigenvalue weighted by molar-refractivity contribution is 1.49. The van der Waals surface area contributed by atoms with Gasteiger partial charge in [-0.1, -0.05) is 18.2 Å². The first-order valence-electron chi connectivity index (χ1n) is 3.21. The van der Waals surface area contributed by atoms with Gasteiger partial charge >= 0.3 is 0 Å². The maximum absolute atomic E-state index is 8.48. The standard InChI is InChI=1S/C9H11N/c1-3-5-7-9(8-10)6-4-2/h3-7H,1-2H3/b5-3+,6-4-,9-7+. The molecule has 0 aromatic heterocycles. The molecule has 0 aliphatic rings. The Hall–Kier alpha value is -1.29. The highest BCUT2D eigenvalue weighted by Crippen LogP contribution is 1.94. The van der Waals surface area contributed by atoms with Gasteiger partial charge in [0.1, 0.15) is 0 Å². The predicted octanol–water partition coefficient (Wildman–Crippen LogP) is 2.59. The number of hydrogen-bond donors (Lipinski definition) is 0. The van der Waals surface area contributed by atoms with Gasteiger partial charge in [0, 0.05) is 0 Å². The summed E-state index contributed by atoms with van der Waals surface area (Å²) in [6.07, 6.45) is 9.14. The Kier molecular flexibility index (Phi) is 5.09. The molecule has 0 atom stereocenters. The summed E-state index contributed by atoms with van der Waals surface area (Å²) in [5.74, 6) is 0. The monoisotopic (exact) mass is 133 g/mol. The van der Waals surface area contributed by atoms with E-state index in [1.165, 1.54) is 0 Å². The van der Waals surface area contributed by atoms with Crippen molar-refractivity contribution in [2.24, 2.45) is 0 Å². The SMILES string of the molecule is C\C=C/C(C#N)=C\C=C\C. The van der Waals surface area contributed by atoms with E-state index in [0.717, 1.165) is 0 Å². The van der Waals surface area contributed by atoms with Gasteiger partial charge in [0.2, 0.25) is 0 Å². The quantitative estimate of drug-likeness (QED) is 0.419. The van der Waals surface area contributed by atoms with Crippen molar-refractivity contribution < 1.29 is 0 Å². The number of allylic oxidation sites excluding steroid dienone is 6. The molecule has 0 aliphatic heterocycles.